The summed E-state index contributed by atoms with van der Waals surface area (Å²) >= 11 is 1.53. The first kappa shape index (κ1) is 18.4. The molecule has 6 nitrogen and oxygen atoms in total. The summed E-state index contributed by atoms with van der Waals surface area (Å²) in [5.74, 6) is 0. The van der Waals surface area contributed by atoms with Crippen molar-refractivity contribution in [2.45, 2.75) is 52.9 Å². The van der Waals surface area contributed by atoms with E-state index in [9.17, 15) is 9.59 Å². The fourth-order valence-corrected chi connectivity index (χ4v) is 5.03. The molecule has 0 saturated carbocycles. The Morgan fingerprint density at radius 3 is 2.56 bits per heavy atom. The first-order valence-electron chi connectivity index (χ1n) is 9.00. The third-order valence-electron chi connectivity index (χ3n) is 5.23. The Bertz CT molecular complexity index is 903. The molecule has 0 amide bonds. The fourth-order valence-electron chi connectivity index (χ4n) is 3.53. The van der Waals surface area contributed by atoms with E-state index >= 15 is 0 Å². The van der Waals surface area contributed by atoms with Crippen LogP contribution in [0.2, 0.25) is 0 Å². The predicted molar refractivity (Wildman–Crippen MR) is 101 cm³/mol. The van der Waals surface area contributed by atoms with E-state index < -0.39 is 0 Å². The zero-order chi connectivity index (χ0) is 18.4. The topological polar surface area (TPSA) is 57.7 Å². The van der Waals surface area contributed by atoms with Gasteiger partial charge in [0.15, 0.2) is 0 Å². The van der Waals surface area contributed by atoms with Crippen LogP contribution in [0.1, 0.15) is 38.1 Å². The molecule has 1 N–H and O–H groups in total. The predicted octanol–water partition coefficient (Wildman–Crippen LogP) is 0.538. The van der Waals surface area contributed by atoms with E-state index in [0.29, 0.717) is 17.9 Å². The van der Waals surface area contributed by atoms with Gasteiger partial charge in [-0.1, -0.05) is 0 Å². The normalized spacial score (nSPS) is 16.6. The van der Waals surface area contributed by atoms with Crippen molar-refractivity contribution in [3.8, 4) is 0 Å². The van der Waals surface area contributed by atoms with Gasteiger partial charge in [0, 0.05) is 23.9 Å². The van der Waals surface area contributed by atoms with E-state index in [1.165, 1.54) is 25.7 Å². The molecular weight excluding hydrogens is 338 g/mol. The van der Waals surface area contributed by atoms with Crippen LogP contribution in [0.4, 0.5) is 0 Å². The number of hydrogen-bond donors (Lipinski definition) is 1. The van der Waals surface area contributed by atoms with Gasteiger partial charge in [0.1, 0.15) is 4.70 Å². The van der Waals surface area contributed by atoms with Gasteiger partial charge >= 0.3 is 5.69 Å². The lowest BCUT2D eigenvalue weighted by atomic mass is 9.98. The average Bonchev–Trinajstić information content (AvgIpc) is 2.93. The molecule has 2 aromatic heterocycles. The van der Waals surface area contributed by atoms with E-state index in [1.54, 1.807) is 11.6 Å². The minimum absolute atomic E-state index is 0.191. The van der Waals surface area contributed by atoms with E-state index in [-0.39, 0.29) is 16.9 Å². The smallest absolute Gasteiger partial charge is 0.331 e. The maximum absolute atomic E-state index is 12.8. The van der Waals surface area contributed by atoms with Gasteiger partial charge in [-0.2, -0.15) is 0 Å². The van der Waals surface area contributed by atoms with Crippen LogP contribution in [-0.2, 0) is 31.4 Å². The highest BCUT2D eigenvalue weighted by molar-refractivity contribution is 7.19. The third-order valence-corrected chi connectivity index (χ3v) is 6.44. The van der Waals surface area contributed by atoms with Crippen LogP contribution in [0.15, 0.2) is 9.59 Å². The highest BCUT2D eigenvalue weighted by Gasteiger charge is 2.31. The van der Waals surface area contributed by atoms with Crippen molar-refractivity contribution in [2.75, 3.05) is 19.6 Å². The Labute approximate surface area is 151 Å². The monoisotopic (exact) mass is 366 g/mol. The second kappa shape index (κ2) is 6.70. The van der Waals surface area contributed by atoms with E-state index in [1.807, 2.05) is 0 Å². The summed E-state index contributed by atoms with van der Waals surface area (Å²) in [6.07, 6.45) is 0.778. The largest absolute Gasteiger partial charge is 0.370 e. The molecule has 0 spiro atoms. The summed E-state index contributed by atoms with van der Waals surface area (Å²) in [4.78, 5) is 28.0. The summed E-state index contributed by atoms with van der Waals surface area (Å²) in [5.41, 5.74) is 1.19. The highest BCUT2D eigenvalue weighted by Crippen LogP contribution is 2.37. The average molecular weight is 367 g/mol. The van der Waals surface area contributed by atoms with Crippen molar-refractivity contribution >= 4 is 21.6 Å². The second-order valence-corrected chi connectivity index (χ2v) is 8.52. The molecule has 25 heavy (non-hydrogen) atoms. The molecule has 3 heterocycles. The molecule has 1 aliphatic rings. The number of fused-ring (bicyclic) bond motifs is 3. The Balaban J connectivity index is 2.17. The lowest BCUT2D eigenvalue weighted by Gasteiger charge is -2.30. The number of aromatic nitrogens is 2. The molecule has 0 aromatic carbocycles. The number of ether oxygens (including phenoxy) is 1. The first-order chi connectivity index (χ1) is 11.8. The molecule has 7 heteroatoms. The number of quaternary nitrogens is 1. The van der Waals surface area contributed by atoms with Crippen LogP contribution in [-0.4, -0.2) is 34.4 Å². The highest BCUT2D eigenvalue weighted by atomic mass is 32.1. The Kier molecular flexibility index (Phi) is 4.92. The van der Waals surface area contributed by atoms with Crippen LogP contribution in [0.25, 0.3) is 10.2 Å². The summed E-state index contributed by atoms with van der Waals surface area (Å²) in [6, 6.07) is 0. The molecule has 0 saturated heterocycles. The number of hydrogen-bond acceptors (Lipinski definition) is 4. The van der Waals surface area contributed by atoms with Crippen LogP contribution in [0.3, 0.4) is 0 Å². The Hall–Kier alpha value is -1.44. The van der Waals surface area contributed by atoms with Crippen LogP contribution in [0, 0.1) is 0 Å². The lowest BCUT2D eigenvalue weighted by Crippen LogP contribution is -3.11. The van der Waals surface area contributed by atoms with E-state index in [4.69, 9.17) is 4.74 Å². The third kappa shape index (κ3) is 3.20. The maximum Gasteiger partial charge on any atom is 0.331 e. The Morgan fingerprint density at radius 1 is 1.24 bits per heavy atom. The number of nitrogens with zero attached hydrogens (tertiary/aromatic N) is 2. The zero-order valence-electron chi connectivity index (χ0n) is 15.8. The van der Waals surface area contributed by atoms with Crippen LogP contribution in [0.5, 0.6) is 0 Å². The quantitative estimate of drug-likeness (QED) is 0.840. The first-order valence-corrected chi connectivity index (χ1v) is 9.82. The van der Waals surface area contributed by atoms with E-state index in [0.717, 1.165) is 37.1 Å². The van der Waals surface area contributed by atoms with E-state index in [2.05, 4.69) is 27.7 Å². The molecule has 0 aliphatic carbocycles. The Morgan fingerprint density at radius 2 is 1.92 bits per heavy atom. The van der Waals surface area contributed by atoms with Crippen LogP contribution < -0.4 is 16.1 Å². The minimum atomic E-state index is -0.227. The van der Waals surface area contributed by atoms with Crippen molar-refractivity contribution in [1.82, 2.24) is 9.13 Å². The number of likely N-dealkylation sites (N-methyl/N-ethyl adjacent to an activating group) is 1. The summed E-state index contributed by atoms with van der Waals surface area (Å²) in [7, 11) is 1.57. The summed E-state index contributed by atoms with van der Waals surface area (Å²) in [5, 5.41) is 0. The maximum atomic E-state index is 12.8. The molecule has 0 unspecified atom stereocenters. The summed E-state index contributed by atoms with van der Waals surface area (Å²) < 4.78 is 9.69. The standard InChI is InChI=1S/C18H27N3O3S/c1-6-20(7-2)8-9-21-14-12-11-24-18(3,4)10-13(12)25-15(14)16(22)19(5)17(21)23/h6-11H2,1-5H3/p+1. The van der Waals surface area contributed by atoms with Gasteiger partial charge < -0.3 is 9.64 Å². The van der Waals surface area contributed by atoms with Gasteiger partial charge in [-0.3, -0.25) is 13.9 Å². The van der Waals surface area contributed by atoms with Crippen molar-refractivity contribution in [2.24, 2.45) is 7.05 Å². The lowest BCUT2D eigenvalue weighted by molar-refractivity contribution is -0.897. The molecule has 138 valence electrons. The van der Waals surface area contributed by atoms with Crippen molar-refractivity contribution in [1.29, 1.82) is 0 Å². The fraction of sp³-hybridized carbons (Fsp3) is 0.667. The van der Waals surface area contributed by atoms with Gasteiger partial charge in [0.05, 0.1) is 43.9 Å². The van der Waals surface area contributed by atoms with Crippen molar-refractivity contribution < 1.29 is 9.64 Å². The number of nitrogens with one attached hydrogen (secondary N) is 1. The van der Waals surface area contributed by atoms with Crippen molar-refractivity contribution in [3.05, 3.63) is 31.3 Å². The molecule has 0 atom stereocenters. The van der Waals surface area contributed by atoms with Gasteiger partial charge in [-0.25, -0.2) is 4.79 Å². The SMILES string of the molecule is CC[NH+](CC)CCn1c(=O)n(C)c(=O)c2sc3c(c21)COC(C)(C)C3. The summed E-state index contributed by atoms with van der Waals surface area (Å²) in [6.45, 7) is 12.4. The number of thiophene rings is 1. The second-order valence-electron chi connectivity index (χ2n) is 7.41. The molecule has 2 aromatic rings. The number of rotatable bonds is 5. The van der Waals surface area contributed by atoms with Gasteiger partial charge in [-0.05, 0) is 27.7 Å². The van der Waals surface area contributed by atoms with Gasteiger partial charge in [0.2, 0.25) is 0 Å². The molecular formula is C18H28N3O3S+. The molecule has 3 rings (SSSR count). The van der Waals surface area contributed by atoms with Gasteiger partial charge in [0.25, 0.3) is 5.56 Å². The van der Waals surface area contributed by atoms with Crippen LogP contribution >= 0.6 is 11.3 Å². The molecule has 0 fully saturated rings. The zero-order valence-corrected chi connectivity index (χ0v) is 16.6. The van der Waals surface area contributed by atoms with Gasteiger partial charge in [-0.15, -0.1) is 11.3 Å². The van der Waals surface area contributed by atoms with Crippen molar-refractivity contribution in [3.63, 3.8) is 0 Å². The minimum Gasteiger partial charge on any atom is -0.370 e. The molecule has 1 aliphatic heterocycles. The molecule has 0 bridgehead atoms. The molecule has 0 radical (unpaired) electrons.